The summed E-state index contributed by atoms with van der Waals surface area (Å²) >= 11 is 0. The Kier molecular flexibility index (Phi) is 6.53. The average Bonchev–Trinajstić information content (AvgIpc) is 3.65. The first-order chi connectivity index (χ1) is 22.8. The first-order valence-corrected chi connectivity index (χ1v) is 16.9. The highest BCUT2D eigenvalue weighted by molar-refractivity contribution is 5.85. The van der Waals surface area contributed by atoms with Crippen LogP contribution in [0.2, 0.25) is 0 Å². The molecule has 5 nitrogen and oxygen atoms in total. The van der Waals surface area contributed by atoms with Gasteiger partial charge in [0.1, 0.15) is 11.6 Å². The molecular formula is C41H35N5. The molecule has 0 N–H and O–H groups in total. The number of hydrogen-bond donors (Lipinski definition) is 0. The molecule has 2 atom stereocenters. The van der Waals surface area contributed by atoms with Crippen molar-refractivity contribution >= 4 is 34.8 Å². The van der Waals surface area contributed by atoms with Crippen molar-refractivity contribution in [3.63, 3.8) is 0 Å². The van der Waals surface area contributed by atoms with Gasteiger partial charge in [-0.15, -0.1) is 0 Å². The fraction of sp³-hybridized carbons (Fsp3) is 0.293. The fourth-order valence-corrected chi connectivity index (χ4v) is 8.28. The molecular weight excluding hydrogens is 562 g/mol. The standard InChI is InChI=1S/C41H35N5/c42-26-32-39(27-14-4-1-5-15-27)43-40(28-16-6-2-7-17-28)44-41(32)46-34-23-13-11-21-31(34)38-36(46)25-24-35-37(38)30-20-10-12-22-33(30)45(35)29-18-8-3-9-19-29/h2,4,8,12,14-15,18-19,21-25,36,38H,1,3,5-6,9-11,13,16,20H2. The van der Waals surface area contributed by atoms with Crippen molar-refractivity contribution in [2.75, 3.05) is 4.90 Å². The lowest BCUT2D eigenvalue weighted by atomic mass is 9.79. The van der Waals surface area contributed by atoms with E-state index >= 15 is 0 Å². The maximum atomic E-state index is 10.8. The van der Waals surface area contributed by atoms with Crippen molar-refractivity contribution in [2.45, 2.75) is 76.2 Å². The van der Waals surface area contributed by atoms with E-state index in [1.54, 1.807) is 0 Å². The zero-order valence-corrected chi connectivity index (χ0v) is 26.0. The van der Waals surface area contributed by atoms with Gasteiger partial charge < -0.3 is 9.47 Å². The second kappa shape index (κ2) is 11.0. The SMILES string of the molecule is N#Cc1c(C2=CCCC=C2)nc(C2=C=C=CCC2)nc1N1C2=CCCC=C2C2c3c4c(n(C5=CCCC=C5)c3C=CC21)C=CCC4. The molecule has 7 aliphatic rings. The van der Waals surface area contributed by atoms with E-state index in [9.17, 15) is 5.26 Å². The lowest BCUT2D eigenvalue weighted by Gasteiger charge is -2.31. The molecule has 2 aromatic rings. The van der Waals surface area contributed by atoms with E-state index in [4.69, 9.17) is 9.97 Å². The summed E-state index contributed by atoms with van der Waals surface area (Å²) in [5, 5.41) is 10.8. The Morgan fingerprint density at radius 2 is 1.65 bits per heavy atom. The normalized spacial score (nSPS) is 23.5. The molecule has 1 fully saturated rings. The Bertz CT molecular complexity index is 2100. The molecule has 2 aromatic heterocycles. The minimum Gasteiger partial charge on any atom is -0.317 e. The van der Waals surface area contributed by atoms with E-state index in [-0.39, 0.29) is 12.0 Å². The Balaban J connectivity index is 1.27. The monoisotopic (exact) mass is 597 g/mol. The van der Waals surface area contributed by atoms with E-state index in [1.165, 1.54) is 39.5 Å². The summed E-state index contributed by atoms with van der Waals surface area (Å²) in [6.07, 6.45) is 39.6. The van der Waals surface area contributed by atoms with Gasteiger partial charge in [0, 0.05) is 28.6 Å². The molecule has 6 aliphatic carbocycles. The van der Waals surface area contributed by atoms with Crippen molar-refractivity contribution in [1.29, 1.82) is 5.26 Å². The van der Waals surface area contributed by atoms with Crippen LogP contribution in [0.5, 0.6) is 0 Å². The lowest BCUT2D eigenvalue weighted by Crippen LogP contribution is -2.33. The van der Waals surface area contributed by atoms with Gasteiger partial charge in [-0.1, -0.05) is 66.1 Å². The van der Waals surface area contributed by atoms with Gasteiger partial charge in [-0.05, 0) is 111 Å². The van der Waals surface area contributed by atoms with Gasteiger partial charge in [0.15, 0.2) is 11.6 Å². The molecule has 9 rings (SSSR count). The van der Waals surface area contributed by atoms with Gasteiger partial charge in [0.25, 0.3) is 0 Å². The van der Waals surface area contributed by atoms with Crippen molar-refractivity contribution < 1.29 is 0 Å². The molecule has 0 bridgehead atoms. The van der Waals surface area contributed by atoms with Crippen molar-refractivity contribution in [2.24, 2.45) is 0 Å². The van der Waals surface area contributed by atoms with Crippen LogP contribution >= 0.6 is 0 Å². The smallest absolute Gasteiger partial charge is 0.166 e. The van der Waals surface area contributed by atoms with Gasteiger partial charge in [-0.3, -0.25) is 0 Å². The summed E-state index contributed by atoms with van der Waals surface area (Å²) in [5.41, 5.74) is 19.1. The maximum absolute atomic E-state index is 10.8. The van der Waals surface area contributed by atoms with Gasteiger partial charge in [-0.25, -0.2) is 9.97 Å². The van der Waals surface area contributed by atoms with Crippen LogP contribution in [0.1, 0.15) is 103 Å². The third-order valence-electron chi connectivity index (χ3n) is 10.3. The summed E-state index contributed by atoms with van der Waals surface area (Å²) in [4.78, 5) is 12.7. The molecule has 0 aromatic carbocycles. The molecule has 3 heterocycles. The molecule has 1 aliphatic heterocycles. The number of nitrogens with zero attached hydrogens (tertiary/aromatic N) is 5. The highest BCUT2D eigenvalue weighted by Crippen LogP contribution is 2.54. The minimum atomic E-state index is 0.0131. The largest absolute Gasteiger partial charge is 0.317 e. The van der Waals surface area contributed by atoms with E-state index in [0.717, 1.165) is 81.0 Å². The topological polar surface area (TPSA) is 57.7 Å². The Morgan fingerprint density at radius 3 is 2.46 bits per heavy atom. The molecule has 2 unspecified atom stereocenters. The molecule has 0 saturated carbocycles. The van der Waals surface area contributed by atoms with Crippen LogP contribution in [0.25, 0.3) is 29.0 Å². The Hall–Kier alpha value is -5.13. The van der Waals surface area contributed by atoms with Crippen LogP contribution in [0.15, 0.2) is 89.6 Å². The number of fused-ring (bicyclic) bond motifs is 7. The number of anilines is 1. The van der Waals surface area contributed by atoms with Crippen molar-refractivity contribution in [1.82, 2.24) is 14.5 Å². The zero-order valence-electron chi connectivity index (χ0n) is 26.0. The summed E-state index contributed by atoms with van der Waals surface area (Å²) in [5.74, 6) is 1.53. The molecule has 46 heavy (non-hydrogen) atoms. The molecule has 5 heteroatoms. The third kappa shape index (κ3) is 4.15. The second-order valence-electron chi connectivity index (χ2n) is 12.9. The Morgan fingerprint density at radius 1 is 0.804 bits per heavy atom. The van der Waals surface area contributed by atoms with E-state index in [0.29, 0.717) is 17.2 Å². The average molecular weight is 598 g/mol. The van der Waals surface area contributed by atoms with Crippen LogP contribution in [0.4, 0.5) is 5.82 Å². The van der Waals surface area contributed by atoms with Crippen molar-refractivity contribution in [3.8, 4) is 6.07 Å². The van der Waals surface area contributed by atoms with Gasteiger partial charge in [0.05, 0.1) is 17.4 Å². The predicted octanol–water partition coefficient (Wildman–Crippen LogP) is 9.12. The number of rotatable bonds is 4. The van der Waals surface area contributed by atoms with Crippen LogP contribution in [-0.4, -0.2) is 20.6 Å². The highest BCUT2D eigenvalue weighted by Gasteiger charge is 2.48. The number of hydrogen-bond acceptors (Lipinski definition) is 4. The molecule has 0 spiro atoms. The minimum absolute atomic E-state index is 0.0131. The van der Waals surface area contributed by atoms with Crippen LogP contribution < -0.4 is 4.90 Å². The Labute approximate surface area is 270 Å². The molecule has 1 saturated heterocycles. The van der Waals surface area contributed by atoms with Gasteiger partial charge in [-0.2, -0.15) is 5.26 Å². The van der Waals surface area contributed by atoms with E-state index in [2.05, 4.69) is 99.9 Å². The molecule has 0 amide bonds. The van der Waals surface area contributed by atoms with E-state index in [1.807, 2.05) is 6.08 Å². The zero-order chi connectivity index (χ0) is 30.6. The second-order valence-corrected chi connectivity index (χ2v) is 12.9. The fourth-order valence-electron chi connectivity index (χ4n) is 8.28. The number of allylic oxidation sites excluding steroid dienone is 14. The van der Waals surface area contributed by atoms with Gasteiger partial charge >= 0.3 is 0 Å². The van der Waals surface area contributed by atoms with Crippen LogP contribution in [0.3, 0.4) is 0 Å². The highest BCUT2D eigenvalue weighted by atomic mass is 15.3. The number of nitriles is 1. The lowest BCUT2D eigenvalue weighted by molar-refractivity contribution is 0.711. The van der Waals surface area contributed by atoms with Crippen molar-refractivity contribution in [3.05, 3.63) is 129 Å². The summed E-state index contributed by atoms with van der Waals surface area (Å²) in [6.45, 7) is 0. The summed E-state index contributed by atoms with van der Waals surface area (Å²) in [7, 11) is 0. The molecule has 224 valence electrons. The van der Waals surface area contributed by atoms with Crippen LogP contribution in [0, 0.1) is 11.3 Å². The maximum Gasteiger partial charge on any atom is 0.166 e. The van der Waals surface area contributed by atoms with E-state index < -0.39 is 0 Å². The summed E-state index contributed by atoms with van der Waals surface area (Å²) in [6, 6.07) is 2.60. The summed E-state index contributed by atoms with van der Waals surface area (Å²) < 4.78 is 2.50. The predicted molar refractivity (Wildman–Crippen MR) is 185 cm³/mol. The third-order valence-corrected chi connectivity index (χ3v) is 10.3. The first kappa shape index (κ1) is 27.2. The first-order valence-electron chi connectivity index (χ1n) is 16.9. The van der Waals surface area contributed by atoms with Gasteiger partial charge in [0.2, 0.25) is 0 Å². The van der Waals surface area contributed by atoms with Crippen LogP contribution in [-0.2, 0) is 6.42 Å². The quantitative estimate of drug-likeness (QED) is 0.330. The number of aromatic nitrogens is 3. The molecule has 0 radical (unpaired) electrons.